The summed E-state index contributed by atoms with van der Waals surface area (Å²) in [6.45, 7) is 1.99. The fraction of sp³-hybridized carbons (Fsp3) is 0.143. The minimum absolute atomic E-state index is 0.0390. The number of allylic oxidation sites excluding steroid dienone is 3. The van der Waals surface area contributed by atoms with Gasteiger partial charge in [0.25, 0.3) is 8.03 Å². The van der Waals surface area contributed by atoms with Gasteiger partial charge in [-0.3, -0.25) is 9.77 Å². The molecule has 2 heterocycles. The van der Waals surface area contributed by atoms with Gasteiger partial charge >= 0.3 is 5.45 Å². The van der Waals surface area contributed by atoms with E-state index in [1.54, 1.807) is 30.4 Å². The van der Waals surface area contributed by atoms with E-state index < -0.39 is 8.03 Å². The molecular formula is C21H19N2O4PS. The SMILES string of the molecule is CCO[PH](=O)C1=[N+]([O-])OC=CC=C1Cc1ccc(-c2nc3ccccc3s2)cc1. The standard InChI is InChI=1S/C21H19N2O4PS/c1-2-27-28(25)21-17(6-5-13-26-23(21)24)14-15-9-11-16(12-10-15)20-22-18-7-3-4-8-19(18)29-20/h3-13,28H,2,14H2,1H3. The van der Waals surface area contributed by atoms with Crippen molar-refractivity contribution in [1.82, 2.24) is 4.98 Å². The van der Waals surface area contributed by atoms with Crippen LogP contribution in [0.3, 0.4) is 0 Å². The molecular weight excluding hydrogens is 407 g/mol. The minimum Gasteiger partial charge on any atom is -0.375 e. The minimum atomic E-state index is -2.71. The van der Waals surface area contributed by atoms with Crippen LogP contribution in [0.5, 0.6) is 0 Å². The molecule has 8 heteroatoms. The maximum atomic E-state index is 12.4. The van der Waals surface area contributed by atoms with Gasteiger partial charge in [-0.2, -0.15) is 0 Å². The summed E-state index contributed by atoms with van der Waals surface area (Å²) in [6.07, 6.45) is 5.04. The van der Waals surface area contributed by atoms with Gasteiger partial charge in [0.1, 0.15) is 5.01 Å². The zero-order valence-electron chi connectivity index (χ0n) is 15.7. The van der Waals surface area contributed by atoms with Crippen molar-refractivity contribution >= 4 is 35.0 Å². The van der Waals surface area contributed by atoms with Gasteiger partial charge in [-0.1, -0.05) is 42.5 Å². The summed E-state index contributed by atoms with van der Waals surface area (Å²) in [6, 6.07) is 16.1. The first-order valence-electron chi connectivity index (χ1n) is 9.15. The van der Waals surface area contributed by atoms with Gasteiger partial charge < -0.3 is 9.36 Å². The summed E-state index contributed by atoms with van der Waals surface area (Å²) in [5, 5.41) is 13.1. The molecule has 0 aliphatic carbocycles. The predicted octanol–water partition coefficient (Wildman–Crippen LogP) is 5.31. The van der Waals surface area contributed by atoms with E-state index in [1.807, 2.05) is 42.5 Å². The number of fused-ring (bicyclic) bond motifs is 1. The first-order valence-corrected chi connectivity index (χ1v) is 11.3. The van der Waals surface area contributed by atoms with Crippen molar-refractivity contribution in [3.8, 4) is 10.6 Å². The summed E-state index contributed by atoms with van der Waals surface area (Å²) >= 11 is 1.65. The molecule has 1 aliphatic heterocycles. The number of hydrogen-bond acceptors (Lipinski definition) is 6. The van der Waals surface area contributed by atoms with Gasteiger partial charge in [0.2, 0.25) is 0 Å². The first kappa shape index (κ1) is 19.6. The normalized spacial score (nSPS) is 15.1. The monoisotopic (exact) mass is 426 g/mol. The highest BCUT2D eigenvalue weighted by Gasteiger charge is 2.27. The molecule has 0 saturated carbocycles. The van der Waals surface area contributed by atoms with Crippen molar-refractivity contribution in [2.45, 2.75) is 13.3 Å². The summed E-state index contributed by atoms with van der Waals surface area (Å²) < 4.78 is 18.8. The Morgan fingerprint density at radius 1 is 1.21 bits per heavy atom. The number of aromatic nitrogens is 1. The van der Waals surface area contributed by atoms with E-state index in [2.05, 4.69) is 11.1 Å². The Balaban J connectivity index is 1.58. The van der Waals surface area contributed by atoms with Crippen LogP contribution in [-0.2, 0) is 20.3 Å². The third-order valence-corrected chi connectivity index (χ3v) is 6.90. The molecule has 29 heavy (non-hydrogen) atoms. The second kappa shape index (κ2) is 8.74. The highest BCUT2D eigenvalue weighted by Crippen LogP contribution is 2.33. The van der Waals surface area contributed by atoms with Gasteiger partial charge in [-0.25, -0.2) is 4.98 Å². The zero-order valence-corrected chi connectivity index (χ0v) is 17.5. The van der Waals surface area contributed by atoms with E-state index >= 15 is 0 Å². The third kappa shape index (κ3) is 4.32. The molecule has 1 atom stereocenters. The molecule has 0 spiro atoms. The second-order valence-corrected chi connectivity index (χ2v) is 8.68. The lowest BCUT2D eigenvalue weighted by Gasteiger charge is -2.09. The first-order chi connectivity index (χ1) is 14.2. The van der Waals surface area contributed by atoms with Crippen LogP contribution in [0.4, 0.5) is 0 Å². The lowest BCUT2D eigenvalue weighted by molar-refractivity contribution is -0.719. The fourth-order valence-corrected chi connectivity index (χ4v) is 5.03. The van der Waals surface area contributed by atoms with Crippen molar-refractivity contribution in [2.75, 3.05) is 6.61 Å². The molecule has 1 unspecified atom stereocenters. The zero-order chi connectivity index (χ0) is 20.2. The maximum absolute atomic E-state index is 12.4. The Hall–Kier alpha value is -2.73. The highest BCUT2D eigenvalue weighted by atomic mass is 32.1. The van der Waals surface area contributed by atoms with E-state index in [1.165, 1.54) is 6.26 Å². The molecule has 2 aromatic carbocycles. The van der Waals surface area contributed by atoms with E-state index in [-0.39, 0.29) is 17.0 Å². The number of thiazole rings is 1. The van der Waals surface area contributed by atoms with Gasteiger partial charge in [0, 0.05) is 23.8 Å². The van der Waals surface area contributed by atoms with Gasteiger partial charge in [0.05, 0.1) is 21.7 Å². The van der Waals surface area contributed by atoms with Crippen molar-refractivity contribution < 1.29 is 18.8 Å². The van der Waals surface area contributed by atoms with Crippen LogP contribution in [0.1, 0.15) is 12.5 Å². The van der Waals surface area contributed by atoms with Gasteiger partial charge in [-0.05, 0) is 30.7 Å². The van der Waals surface area contributed by atoms with Crippen LogP contribution in [0.25, 0.3) is 20.8 Å². The fourth-order valence-electron chi connectivity index (χ4n) is 3.02. The summed E-state index contributed by atoms with van der Waals surface area (Å²) in [4.78, 5) is 9.86. The summed E-state index contributed by atoms with van der Waals surface area (Å²) in [7, 11) is -2.71. The summed E-state index contributed by atoms with van der Waals surface area (Å²) in [5.74, 6) is 0. The number of para-hydroxylation sites is 1. The maximum Gasteiger partial charge on any atom is 0.328 e. The molecule has 0 fully saturated rings. The molecule has 1 aliphatic rings. The smallest absolute Gasteiger partial charge is 0.328 e. The average Bonchev–Trinajstić information content (AvgIpc) is 3.07. The van der Waals surface area contributed by atoms with Crippen molar-refractivity contribution in [3.63, 3.8) is 0 Å². The van der Waals surface area contributed by atoms with Crippen molar-refractivity contribution in [2.24, 2.45) is 0 Å². The number of hydrogen-bond donors (Lipinski definition) is 0. The van der Waals surface area contributed by atoms with Gasteiger partial charge in [-0.15, -0.1) is 11.3 Å². The predicted molar refractivity (Wildman–Crippen MR) is 116 cm³/mol. The molecule has 1 aromatic heterocycles. The van der Waals surface area contributed by atoms with E-state index in [0.717, 1.165) is 26.4 Å². The Morgan fingerprint density at radius 3 is 2.76 bits per heavy atom. The lowest BCUT2D eigenvalue weighted by Crippen LogP contribution is -2.15. The van der Waals surface area contributed by atoms with Crippen LogP contribution < -0.4 is 0 Å². The lowest BCUT2D eigenvalue weighted by atomic mass is 10.0. The number of benzene rings is 2. The Morgan fingerprint density at radius 2 is 2.00 bits per heavy atom. The van der Waals surface area contributed by atoms with Crippen LogP contribution in [0.2, 0.25) is 0 Å². The number of nitrogens with zero attached hydrogens (tertiary/aromatic N) is 2. The molecule has 0 bridgehead atoms. The van der Waals surface area contributed by atoms with Gasteiger partial charge in [0.15, 0.2) is 0 Å². The Kier molecular flexibility index (Phi) is 5.90. The van der Waals surface area contributed by atoms with E-state index in [9.17, 15) is 9.77 Å². The molecule has 4 rings (SSSR count). The van der Waals surface area contributed by atoms with Crippen LogP contribution in [0.15, 0.2) is 72.5 Å². The molecule has 0 amide bonds. The van der Waals surface area contributed by atoms with E-state index in [4.69, 9.17) is 9.36 Å². The molecule has 3 aromatic rings. The third-order valence-electron chi connectivity index (χ3n) is 4.38. The molecule has 0 radical (unpaired) electrons. The Labute approximate surface area is 172 Å². The quantitative estimate of drug-likeness (QED) is 0.394. The van der Waals surface area contributed by atoms with Crippen molar-refractivity contribution in [1.29, 1.82) is 0 Å². The van der Waals surface area contributed by atoms with Crippen LogP contribution in [-0.4, -0.2) is 21.9 Å². The second-order valence-electron chi connectivity index (χ2n) is 6.31. The van der Waals surface area contributed by atoms with E-state index in [0.29, 0.717) is 12.0 Å². The Bertz CT molecular complexity index is 1120. The molecule has 0 N–H and O–H groups in total. The number of rotatable bonds is 6. The highest BCUT2D eigenvalue weighted by molar-refractivity contribution is 7.60. The largest absolute Gasteiger partial charge is 0.375 e. The topological polar surface area (TPSA) is 74.5 Å². The van der Waals surface area contributed by atoms with Crippen LogP contribution in [0, 0.1) is 5.21 Å². The summed E-state index contributed by atoms with van der Waals surface area (Å²) in [5.41, 5.74) is 3.65. The average molecular weight is 426 g/mol. The molecule has 0 saturated heterocycles. The molecule has 6 nitrogen and oxygen atoms in total. The van der Waals surface area contributed by atoms with Crippen LogP contribution >= 0.6 is 19.4 Å². The molecule has 148 valence electrons. The van der Waals surface area contributed by atoms with Crippen molar-refractivity contribution in [3.05, 3.63) is 83.3 Å².